The number of rotatable bonds is 3. The van der Waals surface area contributed by atoms with Crippen LogP contribution in [0.5, 0.6) is 0 Å². The standard InChI is InChI=1S/C15H23FN2/c1-11(12-6-4-5-7-13(12)16)18-14-8-9-17-10-15(14,2)3/h4-7,11,14,17-18H,8-10H2,1-3H3. The topological polar surface area (TPSA) is 24.1 Å². The highest BCUT2D eigenvalue weighted by Crippen LogP contribution is 2.28. The Balaban J connectivity index is 2.07. The summed E-state index contributed by atoms with van der Waals surface area (Å²) in [5.41, 5.74) is 0.962. The van der Waals surface area contributed by atoms with Gasteiger partial charge < -0.3 is 10.6 Å². The Morgan fingerprint density at radius 2 is 2.11 bits per heavy atom. The highest BCUT2D eigenvalue weighted by molar-refractivity contribution is 5.20. The van der Waals surface area contributed by atoms with E-state index in [2.05, 4.69) is 24.5 Å². The zero-order chi connectivity index (χ0) is 13.2. The van der Waals surface area contributed by atoms with Gasteiger partial charge in [-0.1, -0.05) is 32.0 Å². The van der Waals surface area contributed by atoms with Crippen molar-refractivity contribution in [2.24, 2.45) is 5.41 Å². The van der Waals surface area contributed by atoms with Gasteiger partial charge in [-0.25, -0.2) is 4.39 Å². The number of nitrogens with one attached hydrogen (secondary N) is 2. The number of piperidine rings is 1. The van der Waals surface area contributed by atoms with Crippen molar-refractivity contribution in [1.29, 1.82) is 0 Å². The van der Waals surface area contributed by atoms with E-state index in [4.69, 9.17) is 0 Å². The number of benzene rings is 1. The molecule has 1 aliphatic heterocycles. The summed E-state index contributed by atoms with van der Waals surface area (Å²) >= 11 is 0. The average Bonchev–Trinajstić information content (AvgIpc) is 2.32. The van der Waals surface area contributed by atoms with Gasteiger partial charge in [-0.3, -0.25) is 0 Å². The van der Waals surface area contributed by atoms with Gasteiger partial charge in [-0.05, 0) is 31.4 Å². The third-order valence-corrected chi connectivity index (χ3v) is 3.96. The first-order valence-corrected chi connectivity index (χ1v) is 6.72. The van der Waals surface area contributed by atoms with Crippen LogP contribution in [0, 0.1) is 11.2 Å². The SMILES string of the molecule is CC(NC1CCNCC1(C)C)c1ccccc1F. The van der Waals surface area contributed by atoms with E-state index >= 15 is 0 Å². The monoisotopic (exact) mass is 250 g/mol. The minimum Gasteiger partial charge on any atom is -0.316 e. The molecule has 2 rings (SSSR count). The molecular formula is C15H23FN2. The lowest BCUT2D eigenvalue weighted by Crippen LogP contribution is -2.53. The van der Waals surface area contributed by atoms with E-state index in [0.29, 0.717) is 6.04 Å². The van der Waals surface area contributed by atoms with Crippen molar-refractivity contribution in [2.45, 2.75) is 39.3 Å². The van der Waals surface area contributed by atoms with Crippen LogP contribution in [0.1, 0.15) is 38.8 Å². The minimum absolute atomic E-state index is 0.0496. The normalized spacial score (nSPS) is 24.8. The molecular weight excluding hydrogens is 227 g/mol. The Hall–Kier alpha value is -0.930. The van der Waals surface area contributed by atoms with Gasteiger partial charge in [-0.15, -0.1) is 0 Å². The van der Waals surface area contributed by atoms with Gasteiger partial charge in [0.2, 0.25) is 0 Å². The van der Waals surface area contributed by atoms with E-state index in [-0.39, 0.29) is 17.3 Å². The van der Waals surface area contributed by atoms with Gasteiger partial charge in [0.15, 0.2) is 0 Å². The van der Waals surface area contributed by atoms with Gasteiger partial charge in [0.1, 0.15) is 5.82 Å². The van der Waals surface area contributed by atoms with Gasteiger partial charge in [0, 0.05) is 24.2 Å². The van der Waals surface area contributed by atoms with Crippen molar-refractivity contribution >= 4 is 0 Å². The second-order valence-corrected chi connectivity index (χ2v) is 5.92. The quantitative estimate of drug-likeness (QED) is 0.862. The Labute approximate surface area is 109 Å². The van der Waals surface area contributed by atoms with Crippen LogP contribution in [-0.2, 0) is 0 Å². The largest absolute Gasteiger partial charge is 0.316 e. The summed E-state index contributed by atoms with van der Waals surface area (Å²) < 4.78 is 13.7. The van der Waals surface area contributed by atoms with Crippen LogP contribution in [0.2, 0.25) is 0 Å². The predicted molar refractivity (Wildman–Crippen MR) is 73.0 cm³/mol. The molecule has 1 aromatic rings. The highest BCUT2D eigenvalue weighted by atomic mass is 19.1. The predicted octanol–water partition coefficient (Wildman–Crippen LogP) is 2.86. The molecule has 0 bridgehead atoms. The maximum absolute atomic E-state index is 13.7. The molecule has 18 heavy (non-hydrogen) atoms. The number of hydrogen-bond acceptors (Lipinski definition) is 2. The number of halogens is 1. The Morgan fingerprint density at radius 1 is 1.39 bits per heavy atom. The summed E-state index contributed by atoms with van der Waals surface area (Å²) in [5, 5.41) is 7.00. The van der Waals surface area contributed by atoms with E-state index in [9.17, 15) is 4.39 Å². The Kier molecular flexibility index (Phi) is 4.03. The number of hydrogen-bond donors (Lipinski definition) is 2. The van der Waals surface area contributed by atoms with Crippen LogP contribution in [0.25, 0.3) is 0 Å². The second kappa shape index (κ2) is 5.37. The lowest BCUT2D eigenvalue weighted by molar-refractivity contribution is 0.173. The van der Waals surface area contributed by atoms with E-state index in [0.717, 1.165) is 25.1 Å². The lowest BCUT2D eigenvalue weighted by atomic mass is 9.79. The van der Waals surface area contributed by atoms with Crippen molar-refractivity contribution < 1.29 is 4.39 Å². The highest BCUT2D eigenvalue weighted by Gasteiger charge is 2.33. The molecule has 0 aliphatic carbocycles. The van der Waals surface area contributed by atoms with Crippen molar-refractivity contribution in [3.05, 3.63) is 35.6 Å². The third kappa shape index (κ3) is 2.90. The third-order valence-electron chi connectivity index (χ3n) is 3.96. The molecule has 1 aliphatic rings. The summed E-state index contributed by atoms with van der Waals surface area (Å²) in [6.45, 7) is 8.59. The van der Waals surface area contributed by atoms with E-state index in [1.165, 1.54) is 6.07 Å². The zero-order valence-electron chi connectivity index (χ0n) is 11.5. The van der Waals surface area contributed by atoms with Crippen LogP contribution in [0.4, 0.5) is 4.39 Å². The molecule has 0 spiro atoms. The van der Waals surface area contributed by atoms with Crippen molar-refractivity contribution in [2.75, 3.05) is 13.1 Å². The van der Waals surface area contributed by atoms with Gasteiger partial charge in [0.25, 0.3) is 0 Å². The summed E-state index contributed by atoms with van der Waals surface area (Å²) in [4.78, 5) is 0. The maximum Gasteiger partial charge on any atom is 0.127 e. The van der Waals surface area contributed by atoms with Gasteiger partial charge in [0.05, 0.1) is 0 Å². The molecule has 1 aromatic carbocycles. The second-order valence-electron chi connectivity index (χ2n) is 5.92. The van der Waals surface area contributed by atoms with E-state index in [1.54, 1.807) is 6.07 Å². The molecule has 2 nitrogen and oxygen atoms in total. The van der Waals surface area contributed by atoms with Crippen molar-refractivity contribution in [3.8, 4) is 0 Å². The first-order valence-electron chi connectivity index (χ1n) is 6.72. The van der Waals surface area contributed by atoms with Crippen LogP contribution < -0.4 is 10.6 Å². The van der Waals surface area contributed by atoms with Crippen molar-refractivity contribution in [1.82, 2.24) is 10.6 Å². The Bertz CT molecular complexity index is 403. The van der Waals surface area contributed by atoms with Crippen LogP contribution in [0.15, 0.2) is 24.3 Å². The fourth-order valence-corrected chi connectivity index (χ4v) is 2.70. The molecule has 1 saturated heterocycles. The fraction of sp³-hybridized carbons (Fsp3) is 0.600. The van der Waals surface area contributed by atoms with Gasteiger partial charge in [-0.2, -0.15) is 0 Å². The van der Waals surface area contributed by atoms with E-state index in [1.807, 2.05) is 19.1 Å². The lowest BCUT2D eigenvalue weighted by Gasteiger charge is -2.41. The molecule has 0 amide bonds. The summed E-state index contributed by atoms with van der Waals surface area (Å²) in [6.07, 6.45) is 1.09. The molecule has 0 radical (unpaired) electrons. The molecule has 1 fully saturated rings. The molecule has 100 valence electrons. The minimum atomic E-state index is -0.121. The average molecular weight is 250 g/mol. The molecule has 2 atom stereocenters. The zero-order valence-corrected chi connectivity index (χ0v) is 11.5. The smallest absolute Gasteiger partial charge is 0.127 e. The molecule has 3 heteroatoms. The Morgan fingerprint density at radius 3 is 2.78 bits per heavy atom. The van der Waals surface area contributed by atoms with E-state index < -0.39 is 0 Å². The first kappa shape index (κ1) is 13.5. The summed E-state index contributed by atoms with van der Waals surface area (Å²) in [7, 11) is 0. The summed E-state index contributed by atoms with van der Waals surface area (Å²) in [6, 6.07) is 7.49. The van der Waals surface area contributed by atoms with Gasteiger partial charge >= 0.3 is 0 Å². The summed E-state index contributed by atoms with van der Waals surface area (Å²) in [5.74, 6) is -0.121. The molecule has 2 N–H and O–H groups in total. The van der Waals surface area contributed by atoms with Crippen LogP contribution in [-0.4, -0.2) is 19.1 Å². The molecule has 0 aromatic heterocycles. The molecule has 0 saturated carbocycles. The fourth-order valence-electron chi connectivity index (χ4n) is 2.70. The maximum atomic E-state index is 13.7. The van der Waals surface area contributed by atoms with Crippen LogP contribution in [0.3, 0.4) is 0 Å². The molecule has 1 heterocycles. The van der Waals surface area contributed by atoms with Crippen molar-refractivity contribution in [3.63, 3.8) is 0 Å². The van der Waals surface area contributed by atoms with Crippen LogP contribution >= 0.6 is 0 Å². The molecule has 2 unspecified atom stereocenters. The first-order chi connectivity index (χ1) is 8.50.